The van der Waals surface area contributed by atoms with Gasteiger partial charge in [0.15, 0.2) is 0 Å². The van der Waals surface area contributed by atoms with E-state index in [1.807, 2.05) is 0 Å². The normalized spacial score (nSPS) is 33.2. The average molecular weight is 268 g/mol. The monoisotopic (exact) mass is 268 g/mol. The number of hydrogen-bond acceptors (Lipinski definition) is 3. The summed E-state index contributed by atoms with van der Waals surface area (Å²) in [6.07, 6.45) is 9.04. The number of aliphatic hydroxyl groups excluding tert-OH is 1. The van der Waals surface area contributed by atoms with Crippen LogP contribution in [0.1, 0.15) is 58.8 Å². The number of hydrogen-bond donors (Lipinski definition) is 2. The van der Waals surface area contributed by atoms with Crippen LogP contribution < -0.4 is 5.32 Å². The molecule has 112 valence electrons. The Kier molecular flexibility index (Phi) is 6.11. The van der Waals surface area contributed by atoms with E-state index in [0.29, 0.717) is 18.7 Å². The van der Waals surface area contributed by atoms with Gasteiger partial charge in [-0.2, -0.15) is 0 Å². The lowest BCUT2D eigenvalue weighted by Crippen LogP contribution is -2.52. The van der Waals surface area contributed by atoms with Crippen molar-refractivity contribution < 1.29 is 5.11 Å². The van der Waals surface area contributed by atoms with Crippen LogP contribution in [0.15, 0.2) is 0 Å². The fraction of sp³-hybridized carbons (Fsp3) is 1.00. The van der Waals surface area contributed by atoms with Gasteiger partial charge in [-0.1, -0.05) is 26.7 Å². The van der Waals surface area contributed by atoms with E-state index in [0.717, 1.165) is 18.4 Å². The van der Waals surface area contributed by atoms with Crippen LogP contribution in [0.25, 0.3) is 0 Å². The molecule has 0 radical (unpaired) electrons. The zero-order valence-electron chi connectivity index (χ0n) is 12.8. The Labute approximate surface area is 118 Å². The van der Waals surface area contributed by atoms with Gasteiger partial charge >= 0.3 is 0 Å². The third kappa shape index (κ3) is 4.44. The molecule has 3 heteroatoms. The van der Waals surface area contributed by atoms with Crippen molar-refractivity contribution in [1.29, 1.82) is 0 Å². The highest BCUT2D eigenvalue weighted by Crippen LogP contribution is 2.30. The van der Waals surface area contributed by atoms with Crippen molar-refractivity contribution in [3.05, 3.63) is 0 Å². The Balaban J connectivity index is 1.84. The fourth-order valence-corrected chi connectivity index (χ4v) is 3.95. The predicted octanol–water partition coefficient (Wildman–Crippen LogP) is 2.39. The number of nitrogens with one attached hydrogen (secondary N) is 1. The van der Waals surface area contributed by atoms with E-state index >= 15 is 0 Å². The third-order valence-electron chi connectivity index (χ3n) is 4.83. The van der Waals surface area contributed by atoms with Crippen LogP contribution in [0.3, 0.4) is 0 Å². The Morgan fingerprint density at radius 2 is 2.00 bits per heavy atom. The van der Waals surface area contributed by atoms with Crippen LogP contribution in [-0.2, 0) is 0 Å². The van der Waals surface area contributed by atoms with Crippen molar-refractivity contribution in [3.63, 3.8) is 0 Å². The van der Waals surface area contributed by atoms with Crippen molar-refractivity contribution in [2.24, 2.45) is 5.92 Å². The fourth-order valence-electron chi connectivity index (χ4n) is 3.95. The molecule has 0 spiro atoms. The van der Waals surface area contributed by atoms with Crippen LogP contribution in [0.2, 0.25) is 0 Å². The highest BCUT2D eigenvalue weighted by Gasteiger charge is 2.34. The molecule has 0 aromatic heterocycles. The molecular weight excluding hydrogens is 236 g/mol. The van der Waals surface area contributed by atoms with Gasteiger partial charge in [0.1, 0.15) is 0 Å². The first-order valence-corrected chi connectivity index (χ1v) is 8.31. The van der Waals surface area contributed by atoms with Crippen molar-refractivity contribution in [2.75, 3.05) is 19.7 Å². The van der Waals surface area contributed by atoms with Crippen LogP contribution in [0, 0.1) is 5.92 Å². The van der Waals surface area contributed by atoms with Crippen molar-refractivity contribution >= 4 is 0 Å². The Morgan fingerprint density at radius 3 is 2.74 bits per heavy atom. The van der Waals surface area contributed by atoms with E-state index in [2.05, 4.69) is 24.1 Å². The number of nitrogens with zero attached hydrogens (tertiary/aromatic N) is 1. The molecule has 0 amide bonds. The molecule has 2 N–H and O–H groups in total. The summed E-state index contributed by atoms with van der Waals surface area (Å²) in [6, 6.07) is 2.05. The smallest absolute Gasteiger partial charge is 0.0431 e. The van der Waals surface area contributed by atoms with E-state index in [1.54, 1.807) is 0 Å². The van der Waals surface area contributed by atoms with Crippen LogP contribution in [0.5, 0.6) is 0 Å². The summed E-state index contributed by atoms with van der Waals surface area (Å²) in [5, 5.41) is 12.7. The molecular formula is C16H32N2O. The highest BCUT2D eigenvalue weighted by atomic mass is 16.2. The van der Waals surface area contributed by atoms with E-state index in [9.17, 15) is 0 Å². The zero-order chi connectivity index (χ0) is 13.7. The van der Waals surface area contributed by atoms with Gasteiger partial charge in [0.05, 0.1) is 0 Å². The molecule has 0 aromatic carbocycles. The minimum atomic E-state index is 0.359. The molecule has 3 nitrogen and oxygen atoms in total. The van der Waals surface area contributed by atoms with Crippen molar-refractivity contribution in [2.45, 2.75) is 76.9 Å². The molecule has 1 aliphatic heterocycles. The third-order valence-corrected chi connectivity index (χ3v) is 4.83. The molecule has 1 saturated heterocycles. The average Bonchev–Trinajstić information content (AvgIpc) is 2.85. The van der Waals surface area contributed by atoms with Crippen molar-refractivity contribution in [3.8, 4) is 0 Å². The first kappa shape index (κ1) is 15.3. The maximum atomic E-state index is 8.96. The van der Waals surface area contributed by atoms with Gasteiger partial charge in [0.2, 0.25) is 0 Å². The summed E-state index contributed by atoms with van der Waals surface area (Å²) in [5.41, 5.74) is 0. The van der Waals surface area contributed by atoms with Gasteiger partial charge in [-0.15, -0.1) is 0 Å². The number of likely N-dealkylation sites (tertiary alicyclic amines) is 1. The van der Waals surface area contributed by atoms with E-state index < -0.39 is 0 Å². The SMILES string of the molecule is CC(C)N[C@@H]1CCCC[C@H]1N1CC[C@H](CCCO)C1. The lowest BCUT2D eigenvalue weighted by atomic mass is 9.88. The standard InChI is InChI=1S/C16H32N2O/c1-13(2)17-15-7-3-4-8-16(15)18-10-9-14(12-18)6-5-11-19/h13-17,19H,3-12H2,1-2H3/t14-,15+,16+/m0/s1. The number of aliphatic hydroxyl groups is 1. The summed E-state index contributed by atoms with van der Waals surface area (Å²) in [7, 11) is 0. The Morgan fingerprint density at radius 1 is 1.21 bits per heavy atom. The summed E-state index contributed by atoms with van der Waals surface area (Å²) < 4.78 is 0. The van der Waals surface area contributed by atoms with Crippen molar-refractivity contribution in [1.82, 2.24) is 10.2 Å². The molecule has 1 heterocycles. The second-order valence-electron chi connectivity index (χ2n) is 6.80. The maximum Gasteiger partial charge on any atom is 0.0431 e. The van der Waals surface area contributed by atoms with Gasteiger partial charge < -0.3 is 10.4 Å². The Hall–Kier alpha value is -0.120. The summed E-state index contributed by atoms with van der Waals surface area (Å²) in [4.78, 5) is 2.74. The minimum absolute atomic E-state index is 0.359. The topological polar surface area (TPSA) is 35.5 Å². The first-order valence-electron chi connectivity index (χ1n) is 8.31. The highest BCUT2D eigenvalue weighted by molar-refractivity contribution is 4.92. The molecule has 2 aliphatic rings. The molecule has 2 fully saturated rings. The quantitative estimate of drug-likeness (QED) is 0.776. The molecule has 2 rings (SSSR count). The summed E-state index contributed by atoms with van der Waals surface area (Å²) in [6.45, 7) is 7.43. The lowest BCUT2D eigenvalue weighted by molar-refractivity contribution is 0.137. The summed E-state index contributed by atoms with van der Waals surface area (Å²) >= 11 is 0. The van der Waals surface area contributed by atoms with E-state index in [4.69, 9.17) is 5.11 Å². The lowest BCUT2D eigenvalue weighted by Gasteiger charge is -2.39. The van der Waals surface area contributed by atoms with Gasteiger partial charge in [-0.3, -0.25) is 4.90 Å². The predicted molar refractivity (Wildman–Crippen MR) is 80.3 cm³/mol. The van der Waals surface area contributed by atoms with Crippen LogP contribution in [0.4, 0.5) is 0 Å². The maximum absolute atomic E-state index is 8.96. The summed E-state index contributed by atoms with van der Waals surface area (Å²) in [5.74, 6) is 0.828. The molecule has 0 aromatic rings. The van der Waals surface area contributed by atoms with E-state index in [1.165, 1.54) is 51.6 Å². The van der Waals surface area contributed by atoms with Crippen LogP contribution in [-0.4, -0.2) is 47.8 Å². The molecule has 0 unspecified atom stereocenters. The van der Waals surface area contributed by atoms with Gasteiger partial charge in [-0.25, -0.2) is 0 Å². The molecule has 1 aliphatic carbocycles. The van der Waals surface area contributed by atoms with Gasteiger partial charge in [-0.05, 0) is 44.6 Å². The molecule has 1 saturated carbocycles. The molecule has 0 bridgehead atoms. The largest absolute Gasteiger partial charge is 0.396 e. The van der Waals surface area contributed by atoms with Gasteiger partial charge in [0.25, 0.3) is 0 Å². The molecule has 19 heavy (non-hydrogen) atoms. The van der Waals surface area contributed by atoms with Gasteiger partial charge in [0, 0.05) is 31.3 Å². The van der Waals surface area contributed by atoms with Crippen LogP contribution >= 0.6 is 0 Å². The minimum Gasteiger partial charge on any atom is -0.396 e. The second kappa shape index (κ2) is 7.61. The molecule has 3 atom stereocenters. The Bertz CT molecular complexity index is 257. The zero-order valence-corrected chi connectivity index (χ0v) is 12.8. The first-order chi connectivity index (χ1) is 9.20. The number of rotatable bonds is 6. The second-order valence-corrected chi connectivity index (χ2v) is 6.80. The van der Waals surface area contributed by atoms with E-state index in [-0.39, 0.29) is 0 Å².